The molecule has 226 valence electrons. The van der Waals surface area contributed by atoms with E-state index in [9.17, 15) is 9.59 Å². The topological polar surface area (TPSA) is 89.8 Å². The molecule has 0 fully saturated rings. The molecule has 2 rings (SSSR count). The molecular formula is C35H46N2O5. The van der Waals surface area contributed by atoms with Crippen LogP contribution in [-0.4, -0.2) is 25.6 Å². The molecule has 0 unspecified atom stereocenters. The second-order valence-electron chi connectivity index (χ2n) is 9.99. The van der Waals surface area contributed by atoms with Gasteiger partial charge in [0.25, 0.3) is 0 Å². The Labute approximate surface area is 250 Å². The van der Waals surface area contributed by atoms with Gasteiger partial charge in [0.15, 0.2) is 5.76 Å². The standard InChI is InChI=1S/C31H36N2O5.C4H10/c1-7-10-11-14-24(9-3)21-37-26-17-16-25-20-29(38-28(25)19-18-26)30(34)27(32-22(4)8-2)15-12-13-23(5)33-31(35)36-6;1-4(2)3/h7-9,11,13-16,18-20,32H,1-2,4,10,12,17,21H2,3,5-6H3,(H,33,35);4H,1-3H3/b14-11-,23-13+,24-9+,27-15-;. The van der Waals surface area contributed by atoms with Crippen molar-refractivity contribution >= 4 is 24.0 Å². The largest absolute Gasteiger partial charge is 0.493 e. The van der Waals surface area contributed by atoms with E-state index >= 15 is 0 Å². The van der Waals surface area contributed by atoms with Gasteiger partial charge in [0.1, 0.15) is 17.8 Å². The molecule has 7 nitrogen and oxygen atoms in total. The van der Waals surface area contributed by atoms with E-state index in [0.717, 1.165) is 28.9 Å². The van der Waals surface area contributed by atoms with Crippen LogP contribution in [0.3, 0.4) is 0 Å². The molecule has 1 aromatic rings. The smallest absolute Gasteiger partial charge is 0.411 e. The maximum absolute atomic E-state index is 13.3. The molecule has 0 atom stereocenters. The monoisotopic (exact) mass is 574 g/mol. The van der Waals surface area contributed by atoms with Crippen LogP contribution in [0.25, 0.3) is 12.2 Å². The summed E-state index contributed by atoms with van der Waals surface area (Å²) in [7, 11) is 1.29. The average Bonchev–Trinajstić information content (AvgIpc) is 3.27. The summed E-state index contributed by atoms with van der Waals surface area (Å²) in [5.74, 6) is 1.49. The maximum Gasteiger partial charge on any atom is 0.411 e. The zero-order valence-electron chi connectivity index (χ0n) is 25.9. The highest BCUT2D eigenvalue weighted by Gasteiger charge is 2.17. The van der Waals surface area contributed by atoms with E-state index in [0.29, 0.717) is 36.3 Å². The van der Waals surface area contributed by atoms with Crippen molar-refractivity contribution in [2.45, 2.75) is 53.9 Å². The summed E-state index contributed by atoms with van der Waals surface area (Å²) in [6.45, 7) is 21.9. The van der Waals surface area contributed by atoms with Crippen molar-refractivity contribution in [2.75, 3.05) is 13.7 Å². The fourth-order valence-corrected chi connectivity index (χ4v) is 3.27. The van der Waals surface area contributed by atoms with Gasteiger partial charge in [-0.15, -0.1) is 6.58 Å². The predicted octanol–water partition coefficient (Wildman–Crippen LogP) is 6.89. The van der Waals surface area contributed by atoms with Crippen LogP contribution >= 0.6 is 0 Å². The van der Waals surface area contributed by atoms with Crippen molar-refractivity contribution in [1.29, 1.82) is 0 Å². The molecule has 0 saturated heterocycles. The number of Topliss-reactive ketones (excluding diaryl/α,β-unsaturated/α-hetero) is 1. The molecule has 0 bridgehead atoms. The number of hydrogen-bond acceptors (Lipinski definition) is 6. The van der Waals surface area contributed by atoms with Gasteiger partial charge in [0.2, 0.25) is 5.78 Å². The van der Waals surface area contributed by atoms with Crippen molar-refractivity contribution in [2.24, 2.45) is 5.92 Å². The summed E-state index contributed by atoms with van der Waals surface area (Å²) in [5, 5.41) is 6.34. The maximum atomic E-state index is 13.3. The van der Waals surface area contributed by atoms with Crippen molar-refractivity contribution in [3.8, 4) is 0 Å². The van der Waals surface area contributed by atoms with Gasteiger partial charge in [0.05, 0.1) is 12.8 Å². The lowest BCUT2D eigenvalue weighted by atomic mass is 10.1. The number of carbonyl (C=O) groups is 2. The minimum Gasteiger partial charge on any atom is -0.493 e. The minimum atomic E-state index is -0.563. The first-order valence-electron chi connectivity index (χ1n) is 14.0. The average molecular weight is 575 g/mol. The van der Waals surface area contributed by atoms with Gasteiger partial charge < -0.3 is 19.2 Å². The van der Waals surface area contributed by atoms with Crippen molar-refractivity contribution < 1.29 is 23.5 Å². The Morgan fingerprint density at radius 2 is 1.83 bits per heavy atom. The molecule has 0 radical (unpaired) electrons. The van der Waals surface area contributed by atoms with Crippen LogP contribution in [0.2, 0.25) is 0 Å². The third-order valence-electron chi connectivity index (χ3n) is 5.41. The van der Waals surface area contributed by atoms with Crippen LogP contribution < -0.4 is 21.3 Å². The summed E-state index contributed by atoms with van der Waals surface area (Å²) in [4.78, 5) is 24.6. The molecule has 42 heavy (non-hydrogen) atoms. The number of fused-ring (bicyclic) bond motifs is 1. The highest BCUT2D eigenvalue weighted by atomic mass is 16.5. The van der Waals surface area contributed by atoms with Gasteiger partial charge in [0, 0.05) is 23.0 Å². The van der Waals surface area contributed by atoms with Crippen molar-refractivity contribution in [1.82, 2.24) is 10.6 Å². The number of methoxy groups -OCH3 is 1. The Morgan fingerprint density at radius 1 is 1.12 bits per heavy atom. The number of alkyl carbamates (subject to hydrolysis) is 1. The fourth-order valence-electron chi connectivity index (χ4n) is 3.27. The molecule has 0 aliphatic heterocycles. The number of allylic oxidation sites excluding steroid dienone is 10. The third-order valence-corrected chi connectivity index (χ3v) is 5.41. The van der Waals surface area contributed by atoms with E-state index in [2.05, 4.69) is 55.9 Å². The van der Waals surface area contributed by atoms with Gasteiger partial charge in [-0.25, -0.2) is 4.79 Å². The Hall–Kier alpha value is -4.52. The van der Waals surface area contributed by atoms with Gasteiger partial charge >= 0.3 is 6.09 Å². The lowest BCUT2D eigenvalue weighted by molar-refractivity contribution is 0.0996. The Balaban J connectivity index is 0.00000206. The van der Waals surface area contributed by atoms with Gasteiger partial charge in [-0.05, 0) is 62.5 Å². The number of nitrogens with one attached hydrogen (secondary N) is 2. The predicted molar refractivity (Wildman–Crippen MR) is 173 cm³/mol. The zero-order chi connectivity index (χ0) is 31.5. The van der Waals surface area contributed by atoms with E-state index < -0.39 is 6.09 Å². The number of amides is 1. The summed E-state index contributed by atoms with van der Waals surface area (Å²) in [6.07, 6.45) is 19.7. The molecule has 1 heterocycles. The first kappa shape index (κ1) is 35.5. The summed E-state index contributed by atoms with van der Waals surface area (Å²) >= 11 is 0. The molecular weight excluding hydrogens is 528 g/mol. The van der Waals surface area contributed by atoms with E-state index in [1.807, 2.05) is 43.4 Å². The highest BCUT2D eigenvalue weighted by Crippen LogP contribution is 2.12. The van der Waals surface area contributed by atoms with Gasteiger partial charge in [-0.3, -0.25) is 10.1 Å². The fraction of sp³-hybridized carbons (Fsp3) is 0.314. The third kappa shape index (κ3) is 13.7. The number of furan rings is 1. The van der Waals surface area contributed by atoms with Crippen LogP contribution in [0.5, 0.6) is 0 Å². The Morgan fingerprint density at radius 3 is 2.45 bits per heavy atom. The minimum absolute atomic E-state index is 0.188. The second kappa shape index (κ2) is 19.5. The lowest BCUT2D eigenvalue weighted by Crippen LogP contribution is -2.21. The number of ether oxygens (including phenoxy) is 2. The van der Waals surface area contributed by atoms with E-state index in [1.165, 1.54) is 13.2 Å². The Kier molecular flexibility index (Phi) is 16.5. The molecule has 1 aliphatic rings. The molecule has 1 aromatic heterocycles. The quantitative estimate of drug-likeness (QED) is 0.109. The molecule has 1 amide bonds. The normalized spacial score (nSPS) is 13.3. The van der Waals surface area contributed by atoms with E-state index in [-0.39, 0.29) is 17.2 Å². The highest BCUT2D eigenvalue weighted by molar-refractivity contribution is 6.06. The van der Waals surface area contributed by atoms with Crippen LogP contribution in [0.4, 0.5) is 4.79 Å². The van der Waals surface area contributed by atoms with Gasteiger partial charge in [-0.2, -0.15) is 0 Å². The van der Waals surface area contributed by atoms with Gasteiger partial charge in [-0.1, -0.05) is 76.5 Å². The molecule has 1 aliphatic carbocycles. The van der Waals surface area contributed by atoms with Crippen LogP contribution in [0.1, 0.15) is 64.4 Å². The summed E-state index contributed by atoms with van der Waals surface area (Å²) < 4.78 is 16.5. The number of ketones is 1. The van der Waals surface area contributed by atoms with Crippen LogP contribution in [0.15, 0.2) is 107 Å². The molecule has 0 aromatic carbocycles. The zero-order valence-corrected chi connectivity index (χ0v) is 25.9. The van der Waals surface area contributed by atoms with Crippen molar-refractivity contribution in [3.63, 3.8) is 0 Å². The first-order chi connectivity index (χ1) is 20.0. The van der Waals surface area contributed by atoms with E-state index in [4.69, 9.17) is 9.15 Å². The molecule has 7 heteroatoms. The number of hydrogen-bond donors (Lipinski definition) is 2. The SMILES string of the molecule is C=CC/C=C\C(=C/C)COC1=CC=c2oc(C(=O)/C(=C/C/C=C(\C)NC(=O)OC)NC(=C)C=C)cc2=CC1.CC(C)C. The number of carbonyl (C=O) groups excluding carboxylic acids is 2. The molecule has 0 spiro atoms. The van der Waals surface area contributed by atoms with E-state index in [1.54, 1.807) is 31.2 Å². The molecule has 2 N–H and O–H groups in total. The first-order valence-corrected chi connectivity index (χ1v) is 14.0. The summed E-state index contributed by atoms with van der Waals surface area (Å²) in [5.41, 5.74) is 2.98. The molecule has 0 saturated carbocycles. The second-order valence-corrected chi connectivity index (χ2v) is 9.99. The van der Waals surface area contributed by atoms with Crippen LogP contribution in [0, 0.1) is 5.92 Å². The summed E-state index contributed by atoms with van der Waals surface area (Å²) in [6, 6.07) is 1.71. The van der Waals surface area contributed by atoms with Crippen LogP contribution in [-0.2, 0) is 9.47 Å². The lowest BCUT2D eigenvalue weighted by Gasteiger charge is -2.09. The Bertz CT molecular complexity index is 1380. The number of rotatable bonds is 14. The van der Waals surface area contributed by atoms with Crippen molar-refractivity contribution in [3.05, 3.63) is 119 Å².